The molecule has 1 aromatic carbocycles. The standard InChI is InChI=1S/C11H12N2O2/c1-12-6-10-7-13-11(15-10)8-2-4-9(14)5-3-8/h2-5,7,12,14H,6H2,1H3. The zero-order valence-corrected chi connectivity index (χ0v) is 8.40. The molecule has 0 bridgehead atoms. The molecule has 0 radical (unpaired) electrons. The van der Waals surface area contributed by atoms with Crippen LogP contribution in [0.25, 0.3) is 11.5 Å². The Bertz CT molecular complexity index is 434. The Kier molecular flexibility index (Phi) is 2.69. The fraction of sp³-hybridized carbons (Fsp3) is 0.182. The number of hydrogen-bond donors (Lipinski definition) is 2. The van der Waals surface area contributed by atoms with Gasteiger partial charge in [0.15, 0.2) is 0 Å². The number of aromatic nitrogens is 1. The summed E-state index contributed by atoms with van der Waals surface area (Å²) in [4.78, 5) is 4.15. The molecule has 1 heterocycles. The van der Waals surface area contributed by atoms with Crippen LogP contribution in [0.15, 0.2) is 34.9 Å². The maximum atomic E-state index is 9.13. The minimum Gasteiger partial charge on any atom is -0.508 e. The van der Waals surface area contributed by atoms with E-state index in [4.69, 9.17) is 9.52 Å². The molecule has 0 atom stereocenters. The third-order valence-corrected chi connectivity index (χ3v) is 2.02. The number of aromatic hydroxyl groups is 1. The van der Waals surface area contributed by atoms with Crippen LogP contribution in [0.2, 0.25) is 0 Å². The summed E-state index contributed by atoms with van der Waals surface area (Å²) in [5.41, 5.74) is 0.857. The van der Waals surface area contributed by atoms with Gasteiger partial charge >= 0.3 is 0 Å². The van der Waals surface area contributed by atoms with Crippen LogP contribution in [0, 0.1) is 0 Å². The van der Waals surface area contributed by atoms with Crippen molar-refractivity contribution in [2.45, 2.75) is 6.54 Å². The van der Waals surface area contributed by atoms with Crippen molar-refractivity contribution in [3.05, 3.63) is 36.2 Å². The Morgan fingerprint density at radius 1 is 1.33 bits per heavy atom. The molecule has 4 nitrogen and oxygen atoms in total. The quantitative estimate of drug-likeness (QED) is 0.799. The van der Waals surface area contributed by atoms with Gasteiger partial charge in [0.05, 0.1) is 12.7 Å². The van der Waals surface area contributed by atoms with Crippen LogP contribution in [0.4, 0.5) is 0 Å². The lowest BCUT2D eigenvalue weighted by Gasteiger charge is -1.96. The number of benzene rings is 1. The summed E-state index contributed by atoms with van der Waals surface area (Å²) in [5, 5.41) is 12.1. The Morgan fingerprint density at radius 3 is 2.73 bits per heavy atom. The van der Waals surface area contributed by atoms with Crippen molar-refractivity contribution in [2.75, 3.05) is 7.05 Å². The molecule has 0 amide bonds. The minimum atomic E-state index is 0.237. The zero-order valence-electron chi connectivity index (χ0n) is 8.40. The lowest BCUT2D eigenvalue weighted by atomic mass is 10.2. The molecule has 0 aliphatic heterocycles. The lowest BCUT2D eigenvalue weighted by molar-refractivity contribution is 0.475. The number of nitrogens with zero attached hydrogens (tertiary/aromatic N) is 1. The smallest absolute Gasteiger partial charge is 0.226 e. The molecule has 0 aliphatic rings. The SMILES string of the molecule is CNCc1cnc(-c2ccc(O)cc2)o1. The highest BCUT2D eigenvalue weighted by Gasteiger charge is 2.05. The molecular formula is C11H12N2O2. The Labute approximate surface area is 87.6 Å². The van der Waals surface area contributed by atoms with E-state index in [1.807, 2.05) is 7.05 Å². The highest BCUT2D eigenvalue weighted by molar-refractivity contribution is 5.54. The maximum Gasteiger partial charge on any atom is 0.226 e. The van der Waals surface area contributed by atoms with Crippen LogP contribution in [0.3, 0.4) is 0 Å². The van der Waals surface area contributed by atoms with E-state index in [2.05, 4.69) is 10.3 Å². The van der Waals surface area contributed by atoms with Gasteiger partial charge in [-0.2, -0.15) is 0 Å². The molecule has 0 aliphatic carbocycles. The summed E-state index contributed by atoms with van der Waals surface area (Å²) in [6, 6.07) is 6.75. The number of rotatable bonds is 3. The van der Waals surface area contributed by atoms with Crippen molar-refractivity contribution in [3.8, 4) is 17.2 Å². The molecule has 4 heteroatoms. The molecule has 2 N–H and O–H groups in total. The van der Waals surface area contributed by atoms with Crippen LogP contribution in [-0.2, 0) is 6.54 Å². The molecule has 0 saturated heterocycles. The average Bonchev–Trinajstić information content (AvgIpc) is 2.68. The van der Waals surface area contributed by atoms with Crippen molar-refractivity contribution >= 4 is 0 Å². The highest BCUT2D eigenvalue weighted by Crippen LogP contribution is 2.21. The first-order valence-electron chi connectivity index (χ1n) is 4.68. The molecule has 2 aromatic rings. The van der Waals surface area contributed by atoms with Crippen molar-refractivity contribution in [1.82, 2.24) is 10.3 Å². The van der Waals surface area contributed by atoms with Gasteiger partial charge in [-0.1, -0.05) is 0 Å². The number of hydrogen-bond acceptors (Lipinski definition) is 4. The first-order chi connectivity index (χ1) is 7.29. The number of oxazole rings is 1. The van der Waals surface area contributed by atoms with Gasteiger partial charge in [-0.25, -0.2) is 4.98 Å². The van der Waals surface area contributed by atoms with Gasteiger partial charge in [0.2, 0.25) is 5.89 Å². The third-order valence-electron chi connectivity index (χ3n) is 2.02. The number of nitrogens with one attached hydrogen (secondary N) is 1. The molecule has 0 saturated carbocycles. The summed E-state index contributed by atoms with van der Waals surface area (Å²) in [5.74, 6) is 1.60. The average molecular weight is 204 g/mol. The predicted molar refractivity (Wildman–Crippen MR) is 56.4 cm³/mol. The molecule has 2 rings (SSSR count). The maximum absolute atomic E-state index is 9.13. The van der Waals surface area contributed by atoms with Crippen LogP contribution in [0.5, 0.6) is 5.75 Å². The first-order valence-corrected chi connectivity index (χ1v) is 4.68. The Hall–Kier alpha value is -1.81. The highest BCUT2D eigenvalue weighted by atomic mass is 16.4. The first kappa shape index (κ1) is 9.73. The molecule has 0 spiro atoms. The molecule has 0 unspecified atom stereocenters. The Balaban J connectivity index is 2.25. The Morgan fingerprint density at radius 2 is 2.07 bits per heavy atom. The second kappa shape index (κ2) is 4.14. The van der Waals surface area contributed by atoms with Gasteiger partial charge in [-0.05, 0) is 31.3 Å². The van der Waals surface area contributed by atoms with Crippen molar-refractivity contribution < 1.29 is 9.52 Å². The third kappa shape index (κ3) is 2.16. The summed E-state index contributed by atoms with van der Waals surface area (Å²) < 4.78 is 5.49. The van der Waals surface area contributed by atoms with Crippen molar-refractivity contribution in [2.24, 2.45) is 0 Å². The monoisotopic (exact) mass is 204 g/mol. The molecular weight excluding hydrogens is 192 g/mol. The van der Waals surface area contributed by atoms with Crippen LogP contribution < -0.4 is 5.32 Å². The van der Waals surface area contributed by atoms with Gasteiger partial charge in [0.1, 0.15) is 11.5 Å². The van der Waals surface area contributed by atoms with E-state index >= 15 is 0 Å². The van der Waals surface area contributed by atoms with E-state index in [0.29, 0.717) is 12.4 Å². The van der Waals surface area contributed by atoms with Gasteiger partial charge < -0.3 is 14.8 Å². The molecule has 15 heavy (non-hydrogen) atoms. The van der Waals surface area contributed by atoms with Gasteiger partial charge in [0, 0.05) is 5.56 Å². The zero-order chi connectivity index (χ0) is 10.7. The van der Waals surface area contributed by atoms with Crippen molar-refractivity contribution in [3.63, 3.8) is 0 Å². The summed E-state index contributed by atoms with van der Waals surface area (Å²) in [6.45, 7) is 0.658. The summed E-state index contributed by atoms with van der Waals surface area (Å²) in [6.07, 6.45) is 1.69. The minimum absolute atomic E-state index is 0.237. The second-order valence-corrected chi connectivity index (χ2v) is 3.21. The van der Waals surface area contributed by atoms with Crippen molar-refractivity contribution in [1.29, 1.82) is 0 Å². The molecule has 0 fully saturated rings. The predicted octanol–water partition coefficient (Wildman–Crippen LogP) is 1.77. The van der Waals surface area contributed by atoms with E-state index in [1.54, 1.807) is 30.5 Å². The summed E-state index contributed by atoms with van der Waals surface area (Å²) >= 11 is 0. The van der Waals surface area contributed by atoms with Gasteiger partial charge in [0.25, 0.3) is 0 Å². The van der Waals surface area contributed by atoms with Gasteiger partial charge in [-0.15, -0.1) is 0 Å². The van der Waals surface area contributed by atoms with E-state index < -0.39 is 0 Å². The second-order valence-electron chi connectivity index (χ2n) is 3.21. The molecule has 1 aromatic heterocycles. The van der Waals surface area contributed by atoms with E-state index in [1.165, 1.54) is 0 Å². The largest absolute Gasteiger partial charge is 0.508 e. The normalized spacial score (nSPS) is 10.5. The topological polar surface area (TPSA) is 58.3 Å². The fourth-order valence-electron chi connectivity index (χ4n) is 1.30. The van der Waals surface area contributed by atoms with E-state index in [9.17, 15) is 0 Å². The van der Waals surface area contributed by atoms with Crippen LogP contribution in [0.1, 0.15) is 5.76 Å². The van der Waals surface area contributed by atoms with E-state index in [0.717, 1.165) is 11.3 Å². The summed E-state index contributed by atoms with van der Waals surface area (Å²) in [7, 11) is 1.85. The molecule has 78 valence electrons. The van der Waals surface area contributed by atoms with E-state index in [-0.39, 0.29) is 5.75 Å². The lowest BCUT2D eigenvalue weighted by Crippen LogP contribution is -2.03. The number of phenolic OH excluding ortho intramolecular Hbond substituents is 1. The van der Waals surface area contributed by atoms with Gasteiger partial charge in [-0.3, -0.25) is 0 Å². The number of phenols is 1. The fourth-order valence-corrected chi connectivity index (χ4v) is 1.30. The van der Waals surface area contributed by atoms with Crippen LogP contribution >= 0.6 is 0 Å². The van der Waals surface area contributed by atoms with Crippen LogP contribution in [-0.4, -0.2) is 17.1 Å².